The molecule has 9 heteroatoms. The summed E-state index contributed by atoms with van der Waals surface area (Å²) in [5, 5.41) is 3.02. The lowest BCUT2D eigenvalue weighted by molar-refractivity contribution is -0.137. The van der Waals surface area contributed by atoms with Gasteiger partial charge >= 0.3 is 6.18 Å². The van der Waals surface area contributed by atoms with E-state index in [1.54, 1.807) is 12.2 Å². The Kier molecular flexibility index (Phi) is 6.52. The van der Waals surface area contributed by atoms with Crippen molar-refractivity contribution >= 4 is 15.9 Å². The molecule has 1 aliphatic heterocycles. The first kappa shape index (κ1) is 22.3. The molecule has 1 amide bonds. The third-order valence-electron chi connectivity index (χ3n) is 5.24. The molecule has 0 spiro atoms. The molecule has 1 atom stereocenters. The second-order valence-electron chi connectivity index (χ2n) is 7.30. The second kappa shape index (κ2) is 8.77. The molecule has 30 heavy (non-hydrogen) atoms. The van der Waals surface area contributed by atoms with Crippen LogP contribution in [0.1, 0.15) is 24.0 Å². The van der Waals surface area contributed by atoms with Gasteiger partial charge in [0.05, 0.1) is 16.4 Å². The van der Waals surface area contributed by atoms with Gasteiger partial charge in [-0.25, -0.2) is 12.7 Å². The van der Waals surface area contributed by atoms with E-state index in [-0.39, 0.29) is 37.4 Å². The minimum absolute atomic E-state index is 0.0152. The number of carbonyl (C=O) groups excluding carboxylic acids is 1. The predicted octanol–water partition coefficient (Wildman–Crippen LogP) is 3.42. The summed E-state index contributed by atoms with van der Waals surface area (Å²) in [4.78, 5) is 13.2. The third-order valence-corrected chi connectivity index (χ3v) is 7.19. The zero-order valence-corrected chi connectivity index (χ0v) is 17.1. The summed E-state index contributed by atoms with van der Waals surface area (Å²) in [7, 11) is -4.00. The van der Waals surface area contributed by atoms with Crippen molar-refractivity contribution in [1.82, 2.24) is 9.62 Å². The Balaban J connectivity index is 1.84. The van der Waals surface area contributed by atoms with Crippen LogP contribution in [0.3, 0.4) is 0 Å². The fourth-order valence-corrected chi connectivity index (χ4v) is 5.18. The van der Waals surface area contributed by atoms with Gasteiger partial charge in [-0.2, -0.15) is 13.2 Å². The molecule has 1 heterocycles. The summed E-state index contributed by atoms with van der Waals surface area (Å²) >= 11 is 0. The van der Waals surface area contributed by atoms with E-state index in [4.69, 9.17) is 0 Å². The van der Waals surface area contributed by atoms with E-state index >= 15 is 0 Å². The molecule has 0 saturated carbocycles. The zero-order chi connectivity index (χ0) is 21.9. The Labute approximate surface area is 174 Å². The van der Waals surface area contributed by atoms with Crippen LogP contribution >= 0.6 is 0 Å². The summed E-state index contributed by atoms with van der Waals surface area (Å²) in [5.41, 5.74) is 0.454. The van der Waals surface area contributed by atoms with Crippen LogP contribution in [0.2, 0.25) is 0 Å². The van der Waals surface area contributed by atoms with Crippen LogP contribution in [0.15, 0.2) is 59.6 Å². The molecule has 1 saturated heterocycles. The van der Waals surface area contributed by atoms with Gasteiger partial charge in [0.15, 0.2) is 0 Å². The lowest BCUT2D eigenvalue weighted by atomic mass is 9.97. The lowest BCUT2D eigenvalue weighted by Crippen LogP contribution is -2.42. The normalized spacial score (nSPS) is 21.0. The van der Waals surface area contributed by atoms with Gasteiger partial charge in [-0.15, -0.1) is 0 Å². The molecule has 1 unspecified atom stereocenters. The number of sulfonamides is 1. The van der Waals surface area contributed by atoms with E-state index in [0.29, 0.717) is 12.0 Å². The van der Waals surface area contributed by atoms with Crippen molar-refractivity contribution in [3.63, 3.8) is 0 Å². The van der Waals surface area contributed by atoms with E-state index in [1.807, 2.05) is 0 Å². The summed E-state index contributed by atoms with van der Waals surface area (Å²) in [6, 6.07) is 4.77. The summed E-state index contributed by atoms with van der Waals surface area (Å²) in [5.74, 6) is -1.38. The summed E-state index contributed by atoms with van der Waals surface area (Å²) in [6.07, 6.45) is 1.14. The standard InChI is InChI=1S/C21H23F3N2O3S/c1-2-15-6-8-19(9-7-15)30(28,29)26-11-10-25-14-17(20(26)27)12-16-4-3-5-18(13-16)21(22,23)24/h2-6,8,13,17,25H,1,7,9-12,14H2. The molecule has 1 aliphatic carbocycles. The Bertz CT molecular complexity index is 997. The summed E-state index contributed by atoms with van der Waals surface area (Å²) < 4.78 is 66.0. The molecule has 0 aromatic heterocycles. The molecule has 2 aliphatic rings. The quantitative estimate of drug-likeness (QED) is 0.762. The van der Waals surface area contributed by atoms with Gasteiger partial charge in [-0.3, -0.25) is 4.79 Å². The van der Waals surface area contributed by atoms with Crippen LogP contribution in [-0.4, -0.2) is 38.3 Å². The van der Waals surface area contributed by atoms with Crippen molar-refractivity contribution in [2.75, 3.05) is 19.6 Å². The molecule has 5 nitrogen and oxygen atoms in total. The highest BCUT2D eigenvalue weighted by Crippen LogP contribution is 2.31. The van der Waals surface area contributed by atoms with Gasteiger partial charge < -0.3 is 5.32 Å². The smallest absolute Gasteiger partial charge is 0.314 e. The first-order valence-corrected chi connectivity index (χ1v) is 11.0. The Hall–Kier alpha value is -2.39. The van der Waals surface area contributed by atoms with Gasteiger partial charge in [0.2, 0.25) is 5.91 Å². The number of nitrogens with zero attached hydrogens (tertiary/aromatic N) is 1. The SMILES string of the molecule is C=CC1=CC=C(S(=O)(=O)N2CCNCC(Cc3cccc(C(F)(F)F)c3)C2=O)CC1. The number of halogens is 3. The molecule has 1 aromatic rings. The third kappa shape index (κ3) is 4.84. The van der Waals surface area contributed by atoms with E-state index in [2.05, 4.69) is 11.9 Å². The molecule has 3 rings (SSSR count). The minimum atomic E-state index is -4.48. The van der Waals surface area contributed by atoms with E-state index in [9.17, 15) is 26.4 Å². The molecule has 162 valence electrons. The topological polar surface area (TPSA) is 66.5 Å². The number of nitrogens with one attached hydrogen (secondary N) is 1. The Morgan fingerprint density at radius 3 is 2.63 bits per heavy atom. The maximum Gasteiger partial charge on any atom is 0.416 e. The minimum Gasteiger partial charge on any atom is -0.314 e. The monoisotopic (exact) mass is 440 g/mol. The largest absolute Gasteiger partial charge is 0.416 e. The molecule has 0 radical (unpaired) electrons. The van der Waals surface area contributed by atoms with Crippen LogP contribution in [-0.2, 0) is 27.4 Å². The summed E-state index contributed by atoms with van der Waals surface area (Å²) in [6.45, 7) is 4.13. The first-order chi connectivity index (χ1) is 14.1. The van der Waals surface area contributed by atoms with E-state index < -0.39 is 33.6 Å². The van der Waals surface area contributed by atoms with Crippen molar-refractivity contribution in [1.29, 1.82) is 0 Å². The molecule has 1 aromatic carbocycles. The average Bonchev–Trinajstić information content (AvgIpc) is 2.89. The van der Waals surface area contributed by atoms with Crippen molar-refractivity contribution in [2.24, 2.45) is 5.92 Å². The van der Waals surface area contributed by atoms with E-state index in [1.165, 1.54) is 18.2 Å². The highest BCUT2D eigenvalue weighted by atomic mass is 32.2. The van der Waals surface area contributed by atoms with Crippen LogP contribution in [0.5, 0.6) is 0 Å². The van der Waals surface area contributed by atoms with Crippen LogP contribution in [0, 0.1) is 5.92 Å². The Morgan fingerprint density at radius 2 is 2.00 bits per heavy atom. The van der Waals surface area contributed by atoms with Gasteiger partial charge in [-0.05, 0) is 42.5 Å². The van der Waals surface area contributed by atoms with Gasteiger partial charge in [-0.1, -0.05) is 36.9 Å². The van der Waals surface area contributed by atoms with Gasteiger partial charge in [0, 0.05) is 19.6 Å². The van der Waals surface area contributed by atoms with Crippen LogP contribution in [0.4, 0.5) is 13.2 Å². The fraction of sp³-hybridized carbons (Fsp3) is 0.381. The highest BCUT2D eigenvalue weighted by Gasteiger charge is 2.37. The van der Waals surface area contributed by atoms with Crippen molar-refractivity contribution in [3.8, 4) is 0 Å². The molecule has 1 fully saturated rings. The van der Waals surface area contributed by atoms with Gasteiger partial charge in [0.1, 0.15) is 0 Å². The Morgan fingerprint density at radius 1 is 1.23 bits per heavy atom. The van der Waals surface area contributed by atoms with Crippen molar-refractivity contribution in [2.45, 2.75) is 25.4 Å². The molecular formula is C21H23F3N2O3S. The number of hydrogen-bond acceptors (Lipinski definition) is 4. The van der Waals surface area contributed by atoms with Crippen molar-refractivity contribution < 1.29 is 26.4 Å². The molecule has 1 N–H and O–H groups in total. The zero-order valence-electron chi connectivity index (χ0n) is 16.3. The lowest BCUT2D eigenvalue weighted by Gasteiger charge is -2.26. The van der Waals surface area contributed by atoms with Crippen LogP contribution < -0.4 is 5.32 Å². The predicted molar refractivity (Wildman–Crippen MR) is 108 cm³/mol. The maximum absolute atomic E-state index is 13.1. The fourth-order valence-electron chi connectivity index (χ4n) is 3.58. The second-order valence-corrected chi connectivity index (χ2v) is 9.21. The van der Waals surface area contributed by atoms with Gasteiger partial charge in [0.25, 0.3) is 10.0 Å². The number of amides is 1. The van der Waals surface area contributed by atoms with Crippen LogP contribution in [0.25, 0.3) is 0 Å². The number of carbonyl (C=O) groups is 1. The van der Waals surface area contributed by atoms with E-state index in [0.717, 1.165) is 22.0 Å². The highest BCUT2D eigenvalue weighted by molar-refractivity contribution is 7.93. The number of benzene rings is 1. The number of alkyl halides is 3. The molecule has 0 bridgehead atoms. The molecular weight excluding hydrogens is 417 g/mol. The maximum atomic E-state index is 13.1. The average molecular weight is 440 g/mol. The number of hydrogen-bond donors (Lipinski definition) is 1. The number of rotatable bonds is 5. The first-order valence-electron chi connectivity index (χ1n) is 9.58. The number of allylic oxidation sites excluding steroid dienone is 5. The van der Waals surface area contributed by atoms with Crippen molar-refractivity contribution in [3.05, 3.63) is 70.7 Å².